The van der Waals surface area contributed by atoms with E-state index in [1.54, 1.807) is 0 Å². The molecule has 2 heterocycles. The van der Waals surface area contributed by atoms with Crippen LogP contribution in [0.2, 0.25) is 0 Å². The van der Waals surface area contributed by atoms with E-state index in [4.69, 9.17) is 4.74 Å². The molecule has 1 aromatic heterocycles. The molecule has 0 aliphatic carbocycles. The highest BCUT2D eigenvalue weighted by atomic mass is 79.9. The minimum atomic E-state index is -4.64. The van der Waals surface area contributed by atoms with Gasteiger partial charge in [0.1, 0.15) is 0 Å². The monoisotopic (exact) mass is 464 g/mol. The highest BCUT2D eigenvalue weighted by Crippen LogP contribution is 2.49. The maximum Gasteiger partial charge on any atom is 0.416 e. The third-order valence-corrected chi connectivity index (χ3v) is 5.70. The standard InChI is InChI=1S/C17H16BrF3N2O5/c1-7(24)15(26)9(3)28-13(16(15,27)8(2)25)23-12-6-10(17(19,20)21)4-5-11(12)22-14(23)18/h4-6,9,13,26-27H,1-3H3/t9-,13-,15-,16+/m1/s1. The van der Waals surface area contributed by atoms with Gasteiger partial charge in [-0.2, -0.15) is 13.2 Å². The zero-order valence-electron chi connectivity index (χ0n) is 14.9. The van der Waals surface area contributed by atoms with Gasteiger partial charge < -0.3 is 14.9 Å². The van der Waals surface area contributed by atoms with Crippen molar-refractivity contribution in [3.05, 3.63) is 28.5 Å². The van der Waals surface area contributed by atoms with E-state index in [1.165, 1.54) is 6.92 Å². The van der Waals surface area contributed by atoms with Crippen molar-refractivity contribution in [1.29, 1.82) is 0 Å². The molecule has 1 saturated heterocycles. The minimum absolute atomic E-state index is 0.0495. The van der Waals surface area contributed by atoms with Crippen molar-refractivity contribution in [1.82, 2.24) is 9.55 Å². The summed E-state index contributed by atoms with van der Waals surface area (Å²) >= 11 is 3.09. The van der Waals surface area contributed by atoms with Crippen LogP contribution in [-0.2, 0) is 20.5 Å². The maximum atomic E-state index is 13.1. The number of hydrogen-bond donors (Lipinski definition) is 2. The van der Waals surface area contributed by atoms with Crippen LogP contribution in [0.25, 0.3) is 11.0 Å². The Morgan fingerprint density at radius 3 is 2.29 bits per heavy atom. The lowest BCUT2D eigenvalue weighted by molar-refractivity contribution is -0.180. The number of aliphatic hydroxyl groups is 2. The van der Waals surface area contributed by atoms with Crippen LogP contribution in [0, 0.1) is 0 Å². The molecule has 0 unspecified atom stereocenters. The van der Waals surface area contributed by atoms with Gasteiger partial charge in [0.25, 0.3) is 0 Å². The number of benzene rings is 1. The summed E-state index contributed by atoms with van der Waals surface area (Å²) in [6, 6.07) is 2.75. The second-order valence-electron chi connectivity index (χ2n) is 6.73. The van der Waals surface area contributed by atoms with Gasteiger partial charge in [0.2, 0.25) is 5.60 Å². The predicted octanol–water partition coefficient (Wildman–Crippen LogP) is 2.38. The molecule has 3 rings (SSSR count). The molecule has 1 aliphatic rings. The molecule has 1 aromatic carbocycles. The Morgan fingerprint density at radius 1 is 1.21 bits per heavy atom. The van der Waals surface area contributed by atoms with Crippen molar-refractivity contribution in [3.8, 4) is 0 Å². The third kappa shape index (κ3) is 2.64. The Morgan fingerprint density at radius 2 is 1.79 bits per heavy atom. The smallest absolute Gasteiger partial charge is 0.376 e. The number of Topliss-reactive ketones (excluding diaryl/α,β-unsaturated/α-hetero) is 2. The number of aromatic nitrogens is 2. The van der Waals surface area contributed by atoms with Gasteiger partial charge in [-0.15, -0.1) is 0 Å². The fourth-order valence-electron chi connectivity index (χ4n) is 3.60. The van der Waals surface area contributed by atoms with E-state index in [0.717, 1.165) is 36.6 Å². The zero-order chi connectivity index (χ0) is 21.2. The highest BCUT2D eigenvalue weighted by Gasteiger charge is 2.70. The molecule has 4 atom stereocenters. The van der Waals surface area contributed by atoms with Crippen LogP contribution in [0.1, 0.15) is 32.6 Å². The quantitative estimate of drug-likeness (QED) is 0.722. The van der Waals surface area contributed by atoms with Gasteiger partial charge in [-0.05, 0) is 54.9 Å². The summed E-state index contributed by atoms with van der Waals surface area (Å²) in [6.45, 7) is 3.22. The summed E-state index contributed by atoms with van der Waals surface area (Å²) < 4.78 is 45.9. The second-order valence-corrected chi connectivity index (χ2v) is 7.44. The number of carbonyl (C=O) groups excluding carboxylic acids is 2. The highest BCUT2D eigenvalue weighted by molar-refractivity contribution is 9.10. The zero-order valence-corrected chi connectivity index (χ0v) is 16.5. The van der Waals surface area contributed by atoms with E-state index < -0.39 is 46.8 Å². The van der Waals surface area contributed by atoms with Gasteiger partial charge in [0, 0.05) is 0 Å². The summed E-state index contributed by atoms with van der Waals surface area (Å²) in [7, 11) is 0. The van der Waals surface area contributed by atoms with Crippen molar-refractivity contribution in [3.63, 3.8) is 0 Å². The van der Waals surface area contributed by atoms with Gasteiger partial charge in [-0.1, -0.05) is 0 Å². The fraction of sp³-hybridized carbons (Fsp3) is 0.471. The number of fused-ring (bicyclic) bond motifs is 1. The SMILES string of the molecule is CC(=O)[C@@]1(O)[C@@H](C)O[C@@H](n2c(Br)nc3ccc(C(F)(F)F)cc32)[C@@]1(O)C(C)=O. The number of ether oxygens (including phenoxy) is 1. The molecule has 2 N–H and O–H groups in total. The largest absolute Gasteiger partial charge is 0.416 e. The first kappa shape index (κ1) is 20.9. The molecule has 0 bridgehead atoms. The molecule has 28 heavy (non-hydrogen) atoms. The molecule has 152 valence electrons. The van der Waals surface area contributed by atoms with Crippen molar-refractivity contribution in [2.75, 3.05) is 0 Å². The Hall–Kier alpha value is -1.82. The number of rotatable bonds is 3. The van der Waals surface area contributed by atoms with Crippen LogP contribution in [0.5, 0.6) is 0 Å². The van der Waals surface area contributed by atoms with Crippen LogP contribution >= 0.6 is 15.9 Å². The number of alkyl halides is 3. The van der Waals surface area contributed by atoms with Gasteiger partial charge in [0.15, 0.2) is 28.1 Å². The topological polar surface area (TPSA) is 102 Å². The van der Waals surface area contributed by atoms with Crippen LogP contribution < -0.4 is 0 Å². The Kier molecular flexibility index (Phi) is 4.73. The summed E-state index contributed by atoms with van der Waals surface area (Å²) in [5.74, 6) is -1.91. The molecule has 0 radical (unpaired) electrons. The molecule has 1 aliphatic heterocycles. The van der Waals surface area contributed by atoms with E-state index in [0.29, 0.717) is 0 Å². The lowest BCUT2D eigenvalue weighted by atomic mass is 9.75. The van der Waals surface area contributed by atoms with Crippen LogP contribution in [-0.4, -0.2) is 48.6 Å². The summed E-state index contributed by atoms with van der Waals surface area (Å²) in [5.41, 5.74) is -6.30. The van der Waals surface area contributed by atoms with Crippen LogP contribution in [0.4, 0.5) is 13.2 Å². The normalized spacial score (nSPS) is 30.8. The third-order valence-electron chi connectivity index (χ3n) is 5.14. The average molecular weight is 465 g/mol. The second kappa shape index (κ2) is 6.34. The summed E-state index contributed by atoms with van der Waals surface area (Å²) in [5, 5.41) is 22.0. The van der Waals surface area contributed by atoms with Crippen molar-refractivity contribution in [2.45, 2.75) is 50.5 Å². The molecule has 0 amide bonds. The molecule has 7 nitrogen and oxygen atoms in total. The number of nitrogens with zero attached hydrogens (tertiary/aromatic N) is 2. The van der Waals surface area contributed by atoms with Gasteiger partial charge in [-0.25, -0.2) is 4.98 Å². The van der Waals surface area contributed by atoms with Crippen LogP contribution in [0.15, 0.2) is 22.9 Å². The number of carbonyl (C=O) groups is 2. The van der Waals surface area contributed by atoms with Gasteiger partial charge in [0.05, 0.1) is 22.7 Å². The van der Waals surface area contributed by atoms with E-state index in [9.17, 15) is 33.0 Å². The molecule has 2 aromatic rings. The minimum Gasteiger partial charge on any atom is -0.376 e. The average Bonchev–Trinajstić information content (AvgIpc) is 3.00. The number of hydrogen-bond acceptors (Lipinski definition) is 6. The van der Waals surface area contributed by atoms with Gasteiger partial charge >= 0.3 is 6.18 Å². The van der Waals surface area contributed by atoms with Gasteiger partial charge in [-0.3, -0.25) is 14.2 Å². The molecule has 0 spiro atoms. The van der Waals surface area contributed by atoms with E-state index >= 15 is 0 Å². The molecule has 11 heteroatoms. The first-order valence-corrected chi connectivity index (χ1v) is 8.92. The van der Waals surface area contributed by atoms with Crippen molar-refractivity contribution in [2.24, 2.45) is 0 Å². The summed E-state index contributed by atoms with van der Waals surface area (Å²) in [4.78, 5) is 28.5. The Balaban J connectivity index is 2.31. The van der Waals surface area contributed by atoms with Crippen LogP contribution in [0.3, 0.4) is 0 Å². The first-order valence-electron chi connectivity index (χ1n) is 8.13. The Labute approximate surface area is 165 Å². The predicted molar refractivity (Wildman–Crippen MR) is 93.3 cm³/mol. The number of ketones is 2. The molecule has 1 fully saturated rings. The number of halogens is 4. The van der Waals surface area contributed by atoms with E-state index in [2.05, 4.69) is 20.9 Å². The van der Waals surface area contributed by atoms with Crippen molar-refractivity contribution < 1.29 is 37.7 Å². The van der Waals surface area contributed by atoms with E-state index in [1.807, 2.05) is 0 Å². The molecular weight excluding hydrogens is 449 g/mol. The number of imidazole rings is 1. The fourth-order valence-corrected chi connectivity index (χ4v) is 4.16. The van der Waals surface area contributed by atoms with Crippen molar-refractivity contribution >= 4 is 38.5 Å². The summed E-state index contributed by atoms with van der Waals surface area (Å²) in [6.07, 6.45) is -7.66. The lowest BCUT2D eigenvalue weighted by Crippen LogP contribution is -2.65. The Bertz CT molecular complexity index is 991. The molecular formula is C17H16BrF3N2O5. The first-order chi connectivity index (χ1) is 12.8. The van der Waals surface area contributed by atoms with E-state index in [-0.39, 0.29) is 15.8 Å². The molecule has 0 saturated carbocycles. The lowest BCUT2D eigenvalue weighted by Gasteiger charge is -2.36. The maximum absolute atomic E-state index is 13.1.